The maximum absolute atomic E-state index is 14.1. The Hall–Kier alpha value is -5.77. The third-order valence-electron chi connectivity index (χ3n) is 13.7. The van der Waals surface area contributed by atoms with Crippen molar-refractivity contribution < 1.29 is 33.8 Å². The molecular weight excluding hydrogens is 912 g/mol. The lowest BCUT2D eigenvalue weighted by Crippen LogP contribution is -2.74. The number of likely N-dealkylation sites (tertiary alicyclic amines) is 1. The normalized spacial score (nSPS) is 21.0. The molecule has 15 heteroatoms. The minimum Gasteiger partial charge on any atom is -0.489 e. The number of β-amino-alcohol motifs (C(OH)–C–C–N with tert-alkyl or cyclic N) is 1. The van der Waals surface area contributed by atoms with Crippen molar-refractivity contribution in [1.82, 2.24) is 25.4 Å². The molecular formula is C54H63ClN6O7S. The molecule has 3 heterocycles. The van der Waals surface area contributed by atoms with Crippen LogP contribution in [0.15, 0.2) is 66.2 Å². The van der Waals surface area contributed by atoms with Gasteiger partial charge >= 0.3 is 0 Å². The lowest BCUT2D eigenvalue weighted by Gasteiger charge is -2.65. The summed E-state index contributed by atoms with van der Waals surface area (Å²) in [6.45, 7) is 18.4. The summed E-state index contributed by atoms with van der Waals surface area (Å²) in [4.78, 5) is 63.6. The summed E-state index contributed by atoms with van der Waals surface area (Å²) in [6.07, 6.45) is 0.998. The van der Waals surface area contributed by atoms with E-state index in [1.165, 1.54) is 4.90 Å². The molecule has 69 heavy (non-hydrogen) atoms. The minimum absolute atomic E-state index is 0.0201. The van der Waals surface area contributed by atoms with Gasteiger partial charge in [0, 0.05) is 66.6 Å². The fourth-order valence-electron chi connectivity index (χ4n) is 10.6. The molecule has 4 amide bonds. The van der Waals surface area contributed by atoms with Gasteiger partial charge in [0.1, 0.15) is 36.6 Å². The van der Waals surface area contributed by atoms with Crippen molar-refractivity contribution >= 4 is 46.6 Å². The van der Waals surface area contributed by atoms with Gasteiger partial charge in [-0.2, -0.15) is 5.26 Å². The second-order valence-corrected chi connectivity index (χ2v) is 22.1. The van der Waals surface area contributed by atoms with Gasteiger partial charge in [-0.15, -0.1) is 11.3 Å². The predicted octanol–water partition coefficient (Wildman–Crippen LogP) is 8.39. The number of ether oxygens (including phenoxy) is 2. The van der Waals surface area contributed by atoms with Gasteiger partial charge in [0.05, 0.1) is 38.8 Å². The number of hydrogen-bond acceptors (Lipinski definition) is 10. The van der Waals surface area contributed by atoms with Crippen LogP contribution < -0.4 is 15.4 Å². The van der Waals surface area contributed by atoms with Gasteiger partial charge in [-0.1, -0.05) is 102 Å². The second-order valence-electron chi connectivity index (χ2n) is 20.8. The van der Waals surface area contributed by atoms with E-state index in [2.05, 4.69) is 61.2 Å². The zero-order chi connectivity index (χ0) is 50.0. The molecule has 1 aromatic heterocycles. The first-order chi connectivity index (χ1) is 32.6. The van der Waals surface area contributed by atoms with Crippen molar-refractivity contribution in [2.75, 3.05) is 19.8 Å². The average Bonchev–Trinajstić information content (AvgIpc) is 4.00. The molecule has 4 aromatic rings. The van der Waals surface area contributed by atoms with E-state index >= 15 is 0 Å². The summed E-state index contributed by atoms with van der Waals surface area (Å²) < 4.78 is 12.2. The van der Waals surface area contributed by atoms with Crippen LogP contribution in [0.2, 0.25) is 5.02 Å². The Morgan fingerprint density at radius 1 is 1.03 bits per heavy atom. The lowest BCUT2D eigenvalue weighted by molar-refractivity contribution is -0.199. The molecule has 13 nitrogen and oxygen atoms in total. The number of benzene rings is 3. The van der Waals surface area contributed by atoms with Crippen molar-refractivity contribution in [3.05, 3.63) is 105 Å². The number of unbranched alkanes of at least 4 members (excludes halogenated alkanes) is 2. The van der Waals surface area contributed by atoms with Crippen molar-refractivity contribution in [2.24, 2.45) is 16.2 Å². The van der Waals surface area contributed by atoms with Crippen LogP contribution in [-0.4, -0.2) is 93.6 Å². The number of thiazole rings is 1. The Balaban J connectivity index is 0.850. The van der Waals surface area contributed by atoms with Crippen molar-refractivity contribution in [2.45, 2.75) is 131 Å². The number of amides is 4. The summed E-state index contributed by atoms with van der Waals surface area (Å²) in [5, 5.41) is 26.1. The smallest absolute Gasteiger partial charge is 0.254 e. The number of hydrogen-bond donors (Lipinski definition) is 3. The van der Waals surface area contributed by atoms with E-state index < -0.39 is 35.4 Å². The van der Waals surface area contributed by atoms with Gasteiger partial charge in [-0.25, -0.2) is 4.98 Å². The fourth-order valence-corrected chi connectivity index (χ4v) is 11.6. The van der Waals surface area contributed by atoms with Crippen LogP contribution in [0.25, 0.3) is 10.4 Å². The molecule has 2 fully saturated rings. The summed E-state index contributed by atoms with van der Waals surface area (Å²) in [7, 11) is 0. The first-order valence-corrected chi connectivity index (χ1v) is 24.8. The van der Waals surface area contributed by atoms with E-state index in [0.29, 0.717) is 47.9 Å². The molecule has 0 radical (unpaired) electrons. The largest absolute Gasteiger partial charge is 0.489 e. The number of aliphatic hydroxyl groups is 1. The van der Waals surface area contributed by atoms with E-state index in [1.807, 2.05) is 87.5 Å². The molecule has 3 N–H and O–H groups in total. The van der Waals surface area contributed by atoms with Crippen LogP contribution >= 0.6 is 22.9 Å². The number of carbonyl (C=O) groups is 4. The molecule has 4 atom stereocenters. The van der Waals surface area contributed by atoms with Gasteiger partial charge in [-0.3, -0.25) is 19.2 Å². The minimum atomic E-state index is -0.965. The van der Waals surface area contributed by atoms with Crippen molar-refractivity contribution in [3.63, 3.8) is 0 Å². The molecule has 3 aliphatic rings. The number of nitrogens with one attached hydrogen (secondary N) is 2. The molecule has 3 aromatic carbocycles. The number of aromatic nitrogens is 1. The molecule has 0 bridgehead atoms. The zero-order valence-electron chi connectivity index (χ0n) is 40.9. The van der Waals surface area contributed by atoms with Crippen LogP contribution in [0.1, 0.15) is 125 Å². The highest BCUT2D eigenvalue weighted by Crippen LogP contribution is 2.59. The van der Waals surface area contributed by atoms with Gasteiger partial charge in [0.15, 0.2) is 0 Å². The Morgan fingerprint density at radius 2 is 1.75 bits per heavy atom. The molecule has 1 saturated carbocycles. The fraction of sp³-hybridized carbons (Fsp3) is 0.481. The monoisotopic (exact) mass is 974 g/mol. The van der Waals surface area contributed by atoms with Crippen molar-refractivity contribution in [1.29, 1.82) is 5.26 Å². The number of rotatable bonds is 15. The molecule has 1 aliphatic carbocycles. The maximum atomic E-state index is 14.1. The number of carbonyl (C=O) groups excluding carboxylic acids is 4. The van der Waals surface area contributed by atoms with Gasteiger partial charge in [-0.05, 0) is 73.1 Å². The Bertz CT molecular complexity index is 2680. The summed E-state index contributed by atoms with van der Waals surface area (Å²) in [5.41, 5.74) is 6.06. The molecule has 1 unspecified atom stereocenters. The third-order valence-corrected chi connectivity index (χ3v) is 15.0. The van der Waals surface area contributed by atoms with Crippen LogP contribution in [0, 0.1) is 46.3 Å². The first kappa shape index (κ1) is 51.1. The molecule has 2 aliphatic heterocycles. The van der Waals surface area contributed by atoms with Gasteiger partial charge in [0.25, 0.3) is 5.91 Å². The van der Waals surface area contributed by atoms with E-state index in [9.17, 15) is 29.5 Å². The van der Waals surface area contributed by atoms with Crippen LogP contribution in [0.4, 0.5) is 0 Å². The third kappa shape index (κ3) is 11.0. The highest BCUT2D eigenvalue weighted by atomic mass is 35.5. The Kier molecular flexibility index (Phi) is 15.3. The standard InChI is InChI=1S/C54H63ClN6O7S/c1-32(35-17-19-36(20-18-35)45-33(2)57-31-69-45)58-47(64)43-25-39(62)29-60(43)49(66)46(52(3,4)5)59-44(63)30-67-23-13-11-10-12-14-34-15-16-38-28-61(48(65)41(38)24-34)50-53(6,7)51(54(50,8)9)68-40-22-21-37(27-56)42(55)26-40/h15-22,24,26,31-32,39,43,46,50-51,62H,10-11,13,23,25,28-30H2,1-9H3,(H,58,64)(H,59,63)/t32-,39+,43?,46+,50?,51?/m0/s1. The number of aryl methyl sites for hydroxylation is 1. The van der Waals surface area contributed by atoms with Gasteiger partial charge in [0.2, 0.25) is 17.7 Å². The molecule has 1 saturated heterocycles. The Morgan fingerprint density at radius 3 is 2.41 bits per heavy atom. The number of aliphatic hydroxyl groups excluding tert-OH is 1. The van der Waals surface area contributed by atoms with Gasteiger partial charge < -0.3 is 35.0 Å². The number of fused-ring (bicyclic) bond motifs is 1. The van der Waals surface area contributed by atoms with E-state index in [1.54, 1.807) is 29.5 Å². The van der Waals surface area contributed by atoms with Crippen molar-refractivity contribution in [3.8, 4) is 34.1 Å². The SMILES string of the molecule is Cc1ncsc1-c1ccc([C@H](C)NC(=O)C2C[C@@H](O)CN2C(=O)[C@@H](NC(=O)COCCCCC#Cc2ccc3c(c2)C(=O)N(C2C(C)(C)C(Oc4ccc(C#N)c(Cl)c4)C2(C)C)C3)C(C)(C)C)cc1. The molecule has 0 spiro atoms. The molecule has 364 valence electrons. The van der Waals surface area contributed by atoms with Crippen LogP contribution in [0.5, 0.6) is 5.75 Å². The highest BCUT2D eigenvalue weighted by molar-refractivity contribution is 7.13. The van der Waals surface area contributed by atoms with E-state index in [4.69, 9.17) is 21.1 Å². The summed E-state index contributed by atoms with van der Waals surface area (Å²) in [6, 6.07) is 18.6. The first-order valence-electron chi connectivity index (χ1n) is 23.6. The zero-order valence-corrected chi connectivity index (χ0v) is 42.5. The van der Waals surface area contributed by atoms with E-state index in [-0.39, 0.29) is 60.4 Å². The summed E-state index contributed by atoms with van der Waals surface area (Å²) >= 11 is 7.86. The highest BCUT2D eigenvalue weighted by Gasteiger charge is 2.67. The second kappa shape index (κ2) is 20.7. The van der Waals surface area contributed by atoms with Crippen LogP contribution in [-0.2, 0) is 25.7 Å². The quantitative estimate of drug-likeness (QED) is 0.0781. The maximum Gasteiger partial charge on any atom is 0.254 e. The number of nitrogens with zero attached hydrogens (tertiary/aromatic N) is 4. The lowest BCUT2D eigenvalue weighted by atomic mass is 9.49. The van der Waals surface area contributed by atoms with E-state index in [0.717, 1.165) is 39.2 Å². The number of halogens is 1. The molecule has 7 rings (SSSR count). The Labute approximate surface area is 414 Å². The number of nitriles is 1. The summed E-state index contributed by atoms with van der Waals surface area (Å²) in [5.74, 6) is 5.72. The topological polar surface area (TPSA) is 174 Å². The predicted molar refractivity (Wildman–Crippen MR) is 266 cm³/mol. The van der Waals surface area contributed by atoms with Crippen LogP contribution in [0.3, 0.4) is 0 Å². The average molecular weight is 976 g/mol.